The van der Waals surface area contributed by atoms with Crippen LogP contribution in [0.2, 0.25) is 0 Å². The third-order valence-electron chi connectivity index (χ3n) is 3.54. The van der Waals surface area contributed by atoms with Crippen LogP contribution in [0.3, 0.4) is 0 Å². The number of benzene rings is 1. The second-order valence-corrected chi connectivity index (χ2v) is 5.57. The van der Waals surface area contributed by atoms with Crippen molar-refractivity contribution in [3.8, 4) is 0 Å². The summed E-state index contributed by atoms with van der Waals surface area (Å²) < 4.78 is 0. The van der Waals surface area contributed by atoms with Crippen molar-refractivity contribution in [1.82, 2.24) is 5.32 Å². The largest absolute Gasteiger partial charge is 0.323 e. The van der Waals surface area contributed by atoms with E-state index in [9.17, 15) is 0 Å². The molecule has 2 nitrogen and oxygen atoms in total. The first-order chi connectivity index (χ1) is 8.16. The van der Waals surface area contributed by atoms with E-state index in [1.165, 1.54) is 24.0 Å². The number of nitrogens with one attached hydrogen (secondary N) is 1. The minimum atomic E-state index is 0.144. The van der Waals surface area contributed by atoms with Crippen molar-refractivity contribution in [2.24, 2.45) is 11.7 Å². The molecule has 0 saturated carbocycles. The molecule has 17 heavy (non-hydrogen) atoms. The van der Waals surface area contributed by atoms with Crippen molar-refractivity contribution in [2.45, 2.75) is 45.2 Å². The molecule has 2 heteroatoms. The summed E-state index contributed by atoms with van der Waals surface area (Å²) in [6.45, 7) is 5.62. The molecule has 3 N–H and O–H groups in total. The molecule has 1 aromatic carbocycles. The van der Waals surface area contributed by atoms with E-state index >= 15 is 0 Å². The van der Waals surface area contributed by atoms with Gasteiger partial charge in [0.25, 0.3) is 0 Å². The highest BCUT2D eigenvalue weighted by Gasteiger charge is 2.22. The summed E-state index contributed by atoms with van der Waals surface area (Å²) in [4.78, 5) is 0. The second kappa shape index (κ2) is 5.65. The fourth-order valence-corrected chi connectivity index (χ4v) is 2.60. The van der Waals surface area contributed by atoms with Gasteiger partial charge in [0.15, 0.2) is 0 Å². The molecule has 2 unspecified atom stereocenters. The zero-order valence-electron chi connectivity index (χ0n) is 10.9. The monoisotopic (exact) mass is 232 g/mol. The Kier molecular flexibility index (Phi) is 4.19. The van der Waals surface area contributed by atoms with Crippen LogP contribution in [0.25, 0.3) is 0 Å². The molecule has 0 radical (unpaired) electrons. The highest BCUT2D eigenvalue weighted by molar-refractivity contribution is 5.26. The lowest BCUT2D eigenvalue weighted by Gasteiger charge is -2.20. The van der Waals surface area contributed by atoms with Crippen molar-refractivity contribution >= 4 is 0 Å². The molecule has 1 aliphatic heterocycles. The maximum atomic E-state index is 6.29. The smallest absolute Gasteiger partial charge is 0.0450 e. The molecule has 2 rings (SSSR count). The standard InChI is InChI=1S/C15H24N2/c1-11(2)10-12-5-7-13(8-6-12)15(16)14-4-3-9-17-14/h5-8,11,14-15,17H,3-4,9-10,16H2,1-2H3. The molecule has 2 atom stereocenters. The van der Waals surface area contributed by atoms with Crippen LogP contribution in [0.5, 0.6) is 0 Å². The van der Waals surface area contributed by atoms with E-state index in [2.05, 4.69) is 43.4 Å². The SMILES string of the molecule is CC(C)Cc1ccc(C(N)C2CCCN2)cc1. The maximum absolute atomic E-state index is 6.29. The van der Waals surface area contributed by atoms with Gasteiger partial charge < -0.3 is 11.1 Å². The minimum absolute atomic E-state index is 0.144. The van der Waals surface area contributed by atoms with Gasteiger partial charge in [-0.2, -0.15) is 0 Å². The summed E-state index contributed by atoms with van der Waals surface area (Å²) in [5.74, 6) is 0.714. The topological polar surface area (TPSA) is 38.0 Å². The van der Waals surface area contributed by atoms with Crippen LogP contribution < -0.4 is 11.1 Å². The fourth-order valence-electron chi connectivity index (χ4n) is 2.60. The molecule has 1 fully saturated rings. The van der Waals surface area contributed by atoms with E-state index in [-0.39, 0.29) is 6.04 Å². The Morgan fingerprint density at radius 2 is 2.00 bits per heavy atom. The van der Waals surface area contributed by atoms with E-state index in [0.717, 1.165) is 13.0 Å². The first kappa shape index (κ1) is 12.6. The molecule has 1 aromatic rings. The number of hydrogen-bond donors (Lipinski definition) is 2. The minimum Gasteiger partial charge on any atom is -0.323 e. The zero-order chi connectivity index (χ0) is 12.3. The van der Waals surface area contributed by atoms with E-state index < -0.39 is 0 Å². The third kappa shape index (κ3) is 3.30. The predicted molar refractivity (Wildman–Crippen MR) is 72.9 cm³/mol. The van der Waals surface area contributed by atoms with Crippen molar-refractivity contribution < 1.29 is 0 Å². The summed E-state index contributed by atoms with van der Waals surface area (Å²) in [7, 11) is 0. The van der Waals surface area contributed by atoms with Crippen LogP contribution in [-0.2, 0) is 6.42 Å². The second-order valence-electron chi connectivity index (χ2n) is 5.57. The van der Waals surface area contributed by atoms with Gasteiger partial charge in [0.1, 0.15) is 0 Å². The lowest BCUT2D eigenvalue weighted by molar-refractivity contribution is 0.500. The van der Waals surface area contributed by atoms with Crippen molar-refractivity contribution in [1.29, 1.82) is 0 Å². The predicted octanol–water partition coefficient (Wildman–Crippen LogP) is 2.64. The maximum Gasteiger partial charge on any atom is 0.0450 e. The van der Waals surface area contributed by atoms with E-state index in [1.807, 2.05) is 0 Å². The van der Waals surface area contributed by atoms with Gasteiger partial charge in [-0.05, 0) is 42.9 Å². The fraction of sp³-hybridized carbons (Fsp3) is 0.600. The number of hydrogen-bond acceptors (Lipinski definition) is 2. The lowest BCUT2D eigenvalue weighted by Crippen LogP contribution is -2.34. The van der Waals surface area contributed by atoms with Gasteiger partial charge >= 0.3 is 0 Å². The van der Waals surface area contributed by atoms with E-state index in [0.29, 0.717) is 12.0 Å². The Hall–Kier alpha value is -0.860. The lowest BCUT2D eigenvalue weighted by atomic mass is 9.96. The van der Waals surface area contributed by atoms with Crippen molar-refractivity contribution in [2.75, 3.05) is 6.54 Å². The van der Waals surface area contributed by atoms with Crippen LogP contribution in [0.15, 0.2) is 24.3 Å². The van der Waals surface area contributed by atoms with Gasteiger partial charge in [-0.3, -0.25) is 0 Å². The normalized spacial score (nSPS) is 22.0. The molecule has 1 aliphatic rings. The first-order valence-electron chi connectivity index (χ1n) is 6.74. The van der Waals surface area contributed by atoms with Crippen LogP contribution in [0.4, 0.5) is 0 Å². The van der Waals surface area contributed by atoms with Gasteiger partial charge in [-0.1, -0.05) is 38.1 Å². The van der Waals surface area contributed by atoms with Crippen LogP contribution >= 0.6 is 0 Å². The molecule has 0 aromatic heterocycles. The summed E-state index contributed by atoms with van der Waals surface area (Å²) in [6.07, 6.45) is 3.61. The molecule has 0 bridgehead atoms. The van der Waals surface area contributed by atoms with Gasteiger partial charge in [0.2, 0.25) is 0 Å². The zero-order valence-corrected chi connectivity index (χ0v) is 10.9. The van der Waals surface area contributed by atoms with Crippen molar-refractivity contribution in [3.05, 3.63) is 35.4 Å². The first-order valence-corrected chi connectivity index (χ1v) is 6.74. The Bertz CT molecular complexity index is 336. The molecule has 0 aliphatic carbocycles. The Labute approximate surface area is 105 Å². The summed E-state index contributed by atoms with van der Waals surface area (Å²) >= 11 is 0. The molecular weight excluding hydrogens is 208 g/mol. The molecule has 94 valence electrons. The number of nitrogens with two attached hydrogens (primary N) is 1. The summed E-state index contributed by atoms with van der Waals surface area (Å²) in [6, 6.07) is 9.45. The summed E-state index contributed by atoms with van der Waals surface area (Å²) in [5, 5.41) is 3.48. The van der Waals surface area contributed by atoms with Gasteiger partial charge in [-0.15, -0.1) is 0 Å². The molecule has 1 heterocycles. The van der Waals surface area contributed by atoms with E-state index in [4.69, 9.17) is 5.73 Å². The van der Waals surface area contributed by atoms with Crippen molar-refractivity contribution in [3.63, 3.8) is 0 Å². The average Bonchev–Trinajstić information content (AvgIpc) is 2.82. The number of rotatable bonds is 4. The third-order valence-corrected chi connectivity index (χ3v) is 3.54. The molecule has 0 amide bonds. The Morgan fingerprint density at radius 3 is 2.53 bits per heavy atom. The van der Waals surface area contributed by atoms with Gasteiger partial charge in [0, 0.05) is 12.1 Å². The molecule has 0 spiro atoms. The highest BCUT2D eigenvalue weighted by Crippen LogP contribution is 2.21. The average molecular weight is 232 g/mol. The van der Waals surface area contributed by atoms with Crippen LogP contribution in [0, 0.1) is 5.92 Å². The van der Waals surface area contributed by atoms with Crippen LogP contribution in [0.1, 0.15) is 43.9 Å². The summed E-state index contributed by atoms with van der Waals surface area (Å²) in [5.41, 5.74) is 8.96. The van der Waals surface area contributed by atoms with E-state index in [1.54, 1.807) is 0 Å². The Morgan fingerprint density at radius 1 is 1.29 bits per heavy atom. The van der Waals surface area contributed by atoms with Crippen LogP contribution in [-0.4, -0.2) is 12.6 Å². The molecule has 1 saturated heterocycles. The highest BCUT2D eigenvalue weighted by atomic mass is 15.0. The molecular formula is C15H24N2. The van der Waals surface area contributed by atoms with Gasteiger partial charge in [0.05, 0.1) is 0 Å². The Balaban J connectivity index is 2.01. The quantitative estimate of drug-likeness (QED) is 0.837. The van der Waals surface area contributed by atoms with Gasteiger partial charge in [-0.25, -0.2) is 0 Å².